The van der Waals surface area contributed by atoms with Crippen molar-refractivity contribution >= 4 is 26.8 Å². The molecule has 2 rings (SSSR count). The standard InChI is InChI=1S/C9H6BrF3N2/c1-15-8-5(4-14-15)2-6(3-7(8)10)9(11,12)13/h2-4H,1H3. The molecule has 1 aromatic carbocycles. The van der Waals surface area contributed by atoms with Gasteiger partial charge in [-0.15, -0.1) is 0 Å². The summed E-state index contributed by atoms with van der Waals surface area (Å²) in [6.07, 6.45) is -2.91. The number of hydrogen-bond donors (Lipinski definition) is 0. The summed E-state index contributed by atoms with van der Waals surface area (Å²) in [4.78, 5) is 0. The van der Waals surface area contributed by atoms with E-state index >= 15 is 0 Å². The predicted molar refractivity (Wildman–Crippen MR) is 53.4 cm³/mol. The van der Waals surface area contributed by atoms with E-state index in [1.165, 1.54) is 10.9 Å². The number of hydrogen-bond acceptors (Lipinski definition) is 1. The van der Waals surface area contributed by atoms with Crippen LogP contribution in [0.5, 0.6) is 0 Å². The molecule has 0 bridgehead atoms. The Morgan fingerprint density at radius 2 is 2.00 bits per heavy atom. The first-order valence-electron chi connectivity index (χ1n) is 4.08. The Hall–Kier alpha value is -1.04. The Kier molecular flexibility index (Phi) is 2.26. The minimum atomic E-state index is -4.33. The second kappa shape index (κ2) is 3.23. The van der Waals surface area contributed by atoms with Crippen LogP contribution in [0.15, 0.2) is 22.8 Å². The lowest BCUT2D eigenvalue weighted by Gasteiger charge is -2.07. The summed E-state index contributed by atoms with van der Waals surface area (Å²) in [6.45, 7) is 0. The van der Waals surface area contributed by atoms with Crippen LogP contribution in [0.25, 0.3) is 10.9 Å². The van der Waals surface area contributed by atoms with Gasteiger partial charge in [-0.2, -0.15) is 18.3 Å². The molecule has 0 unspecified atom stereocenters. The van der Waals surface area contributed by atoms with Crippen LogP contribution in [0.4, 0.5) is 13.2 Å². The van der Waals surface area contributed by atoms with Crippen LogP contribution in [0.1, 0.15) is 5.56 Å². The number of aryl methyl sites for hydroxylation is 1. The largest absolute Gasteiger partial charge is 0.416 e. The fraction of sp³-hybridized carbons (Fsp3) is 0.222. The van der Waals surface area contributed by atoms with Crippen LogP contribution in [0.3, 0.4) is 0 Å². The van der Waals surface area contributed by atoms with Crippen LogP contribution in [0, 0.1) is 0 Å². The van der Waals surface area contributed by atoms with E-state index in [2.05, 4.69) is 21.0 Å². The molecule has 0 radical (unpaired) electrons. The Balaban J connectivity index is 2.74. The van der Waals surface area contributed by atoms with E-state index in [9.17, 15) is 13.2 Å². The fourth-order valence-electron chi connectivity index (χ4n) is 1.43. The van der Waals surface area contributed by atoms with Crippen LogP contribution in [-0.2, 0) is 13.2 Å². The van der Waals surface area contributed by atoms with E-state index in [4.69, 9.17) is 0 Å². The van der Waals surface area contributed by atoms with Gasteiger partial charge in [-0.05, 0) is 28.1 Å². The Bertz CT molecular complexity index is 516. The lowest BCUT2D eigenvalue weighted by atomic mass is 10.1. The van der Waals surface area contributed by atoms with Crippen molar-refractivity contribution in [2.24, 2.45) is 7.05 Å². The van der Waals surface area contributed by atoms with Gasteiger partial charge in [0.05, 0.1) is 17.3 Å². The normalized spacial score (nSPS) is 12.3. The van der Waals surface area contributed by atoms with Gasteiger partial charge in [0.15, 0.2) is 0 Å². The molecule has 15 heavy (non-hydrogen) atoms. The van der Waals surface area contributed by atoms with Gasteiger partial charge in [-0.25, -0.2) is 0 Å². The van der Waals surface area contributed by atoms with Crippen molar-refractivity contribution < 1.29 is 13.2 Å². The third-order valence-corrected chi connectivity index (χ3v) is 2.72. The summed E-state index contributed by atoms with van der Waals surface area (Å²) in [6, 6.07) is 2.15. The number of rotatable bonds is 0. The molecule has 0 aliphatic rings. The van der Waals surface area contributed by atoms with Crippen molar-refractivity contribution in [1.29, 1.82) is 0 Å². The second-order valence-electron chi connectivity index (χ2n) is 3.16. The number of halogens is 4. The predicted octanol–water partition coefficient (Wildman–Crippen LogP) is 3.35. The monoisotopic (exact) mass is 278 g/mol. The maximum Gasteiger partial charge on any atom is 0.416 e. The first kappa shape index (κ1) is 10.5. The summed E-state index contributed by atoms with van der Waals surface area (Å²) < 4.78 is 39.3. The molecular weight excluding hydrogens is 273 g/mol. The van der Waals surface area contributed by atoms with E-state index in [0.29, 0.717) is 15.4 Å². The number of nitrogens with zero attached hydrogens (tertiary/aromatic N) is 2. The molecule has 1 aromatic heterocycles. The first-order valence-corrected chi connectivity index (χ1v) is 4.87. The highest BCUT2D eigenvalue weighted by Gasteiger charge is 2.31. The number of aromatic nitrogens is 2. The van der Waals surface area contributed by atoms with Crippen molar-refractivity contribution in [2.75, 3.05) is 0 Å². The topological polar surface area (TPSA) is 17.8 Å². The molecule has 0 aliphatic carbocycles. The molecule has 0 atom stereocenters. The van der Waals surface area contributed by atoms with E-state index in [1.54, 1.807) is 7.05 Å². The summed E-state index contributed by atoms with van der Waals surface area (Å²) in [5, 5.41) is 4.37. The Morgan fingerprint density at radius 1 is 1.33 bits per heavy atom. The van der Waals surface area contributed by atoms with Crippen molar-refractivity contribution in [3.05, 3.63) is 28.4 Å². The molecule has 0 fully saturated rings. The summed E-state index contributed by atoms with van der Waals surface area (Å²) >= 11 is 3.11. The van der Waals surface area contributed by atoms with Crippen LogP contribution in [-0.4, -0.2) is 9.78 Å². The maximum atomic E-state index is 12.5. The Morgan fingerprint density at radius 3 is 2.60 bits per heavy atom. The molecule has 6 heteroatoms. The molecule has 0 N–H and O–H groups in total. The summed E-state index contributed by atoms with van der Waals surface area (Å²) in [5.41, 5.74) is -0.0159. The van der Waals surface area contributed by atoms with Crippen molar-refractivity contribution in [3.63, 3.8) is 0 Å². The molecule has 0 spiro atoms. The van der Waals surface area contributed by atoms with E-state index in [0.717, 1.165) is 12.1 Å². The third-order valence-electron chi connectivity index (χ3n) is 2.11. The zero-order valence-electron chi connectivity index (χ0n) is 7.64. The molecule has 2 aromatic rings. The van der Waals surface area contributed by atoms with Gasteiger partial charge in [0.25, 0.3) is 0 Å². The number of alkyl halides is 3. The lowest BCUT2D eigenvalue weighted by molar-refractivity contribution is -0.137. The van der Waals surface area contributed by atoms with Crippen molar-refractivity contribution in [2.45, 2.75) is 6.18 Å². The van der Waals surface area contributed by atoms with Crippen LogP contribution >= 0.6 is 15.9 Å². The number of fused-ring (bicyclic) bond motifs is 1. The van der Waals surface area contributed by atoms with Gasteiger partial charge >= 0.3 is 6.18 Å². The van der Waals surface area contributed by atoms with Gasteiger partial charge < -0.3 is 0 Å². The highest BCUT2D eigenvalue weighted by molar-refractivity contribution is 9.10. The third kappa shape index (κ3) is 1.73. The molecule has 2 nitrogen and oxygen atoms in total. The molecule has 0 saturated heterocycles. The van der Waals surface area contributed by atoms with Crippen molar-refractivity contribution in [1.82, 2.24) is 9.78 Å². The SMILES string of the molecule is Cn1ncc2cc(C(F)(F)F)cc(Br)c21. The molecule has 0 aliphatic heterocycles. The quantitative estimate of drug-likeness (QED) is 0.723. The molecule has 1 heterocycles. The van der Waals surface area contributed by atoms with Gasteiger partial charge in [0.1, 0.15) is 0 Å². The average molecular weight is 279 g/mol. The maximum absolute atomic E-state index is 12.5. The smallest absolute Gasteiger partial charge is 0.267 e. The fourth-order valence-corrected chi connectivity index (χ4v) is 2.16. The summed E-state index contributed by atoms with van der Waals surface area (Å²) in [5.74, 6) is 0. The van der Waals surface area contributed by atoms with Crippen molar-refractivity contribution in [3.8, 4) is 0 Å². The highest BCUT2D eigenvalue weighted by Crippen LogP contribution is 2.34. The minimum Gasteiger partial charge on any atom is -0.267 e. The summed E-state index contributed by atoms with van der Waals surface area (Å²) in [7, 11) is 1.68. The van der Waals surface area contributed by atoms with E-state index in [-0.39, 0.29) is 0 Å². The molecular formula is C9H6BrF3N2. The average Bonchev–Trinajstić information content (AvgIpc) is 2.46. The number of benzene rings is 1. The zero-order valence-corrected chi connectivity index (χ0v) is 9.22. The Labute approximate surface area is 91.8 Å². The zero-order chi connectivity index (χ0) is 11.2. The first-order chi connectivity index (χ1) is 6.89. The van der Waals surface area contributed by atoms with E-state index < -0.39 is 11.7 Å². The van der Waals surface area contributed by atoms with Gasteiger partial charge in [-0.1, -0.05) is 0 Å². The van der Waals surface area contributed by atoms with Crippen LogP contribution < -0.4 is 0 Å². The van der Waals surface area contributed by atoms with Gasteiger partial charge in [0.2, 0.25) is 0 Å². The van der Waals surface area contributed by atoms with E-state index in [1.807, 2.05) is 0 Å². The molecule has 0 saturated carbocycles. The van der Waals surface area contributed by atoms with Gasteiger partial charge in [0, 0.05) is 16.9 Å². The van der Waals surface area contributed by atoms with Gasteiger partial charge in [-0.3, -0.25) is 4.68 Å². The molecule has 80 valence electrons. The lowest BCUT2D eigenvalue weighted by Crippen LogP contribution is -2.04. The minimum absolute atomic E-state index is 0.396. The van der Waals surface area contributed by atoms with Crippen LogP contribution in [0.2, 0.25) is 0 Å². The molecule has 0 amide bonds. The second-order valence-corrected chi connectivity index (χ2v) is 4.02. The highest BCUT2D eigenvalue weighted by atomic mass is 79.9.